The largest absolute Gasteiger partial charge is 0.370 e. The maximum Gasteiger partial charge on any atom is 0.0710 e. The molecular formula is C15H26N2O. The van der Waals surface area contributed by atoms with Crippen LogP contribution in [0.25, 0.3) is 0 Å². The van der Waals surface area contributed by atoms with Gasteiger partial charge in [-0.1, -0.05) is 19.8 Å². The molecular weight excluding hydrogens is 224 g/mol. The molecule has 0 amide bonds. The van der Waals surface area contributed by atoms with Gasteiger partial charge in [-0.2, -0.15) is 5.26 Å². The molecule has 2 rings (SSSR count). The zero-order valence-electron chi connectivity index (χ0n) is 11.8. The van der Waals surface area contributed by atoms with Crippen molar-refractivity contribution in [3.8, 4) is 6.07 Å². The molecule has 2 fully saturated rings. The summed E-state index contributed by atoms with van der Waals surface area (Å²) in [5.74, 6) is 0.117. The Kier molecular flexibility index (Phi) is 4.64. The molecule has 0 radical (unpaired) electrons. The molecule has 3 heteroatoms. The Bertz CT molecular complexity index is 304. The van der Waals surface area contributed by atoms with Gasteiger partial charge >= 0.3 is 0 Å². The Balaban J connectivity index is 1.80. The van der Waals surface area contributed by atoms with Gasteiger partial charge in [0.25, 0.3) is 0 Å². The van der Waals surface area contributed by atoms with Gasteiger partial charge in [0.2, 0.25) is 0 Å². The van der Waals surface area contributed by atoms with Crippen LogP contribution in [0, 0.1) is 17.2 Å². The van der Waals surface area contributed by atoms with Gasteiger partial charge in [-0.3, -0.25) is 4.90 Å². The Labute approximate surface area is 111 Å². The summed E-state index contributed by atoms with van der Waals surface area (Å²) in [7, 11) is 0. The van der Waals surface area contributed by atoms with Crippen LogP contribution in [-0.4, -0.2) is 36.2 Å². The second-order valence-electron chi connectivity index (χ2n) is 6.05. The molecule has 0 aromatic heterocycles. The van der Waals surface area contributed by atoms with Crippen molar-refractivity contribution in [2.24, 2.45) is 5.92 Å². The van der Waals surface area contributed by atoms with Crippen LogP contribution in [0.15, 0.2) is 0 Å². The van der Waals surface area contributed by atoms with Crippen molar-refractivity contribution in [1.82, 2.24) is 4.90 Å². The van der Waals surface area contributed by atoms with Crippen LogP contribution < -0.4 is 0 Å². The van der Waals surface area contributed by atoms with Gasteiger partial charge in [0.05, 0.1) is 23.7 Å². The third kappa shape index (κ3) is 3.24. The minimum atomic E-state index is 0.117. The van der Waals surface area contributed by atoms with Gasteiger partial charge in [-0.25, -0.2) is 0 Å². The summed E-state index contributed by atoms with van der Waals surface area (Å²) in [5, 5.41) is 8.90. The summed E-state index contributed by atoms with van der Waals surface area (Å²) in [5.41, 5.74) is 0.241. The van der Waals surface area contributed by atoms with Gasteiger partial charge in [0, 0.05) is 13.1 Å². The minimum absolute atomic E-state index is 0.117. The molecule has 0 bridgehead atoms. The van der Waals surface area contributed by atoms with Gasteiger partial charge in [0.15, 0.2) is 0 Å². The molecule has 0 N–H and O–H groups in total. The molecule has 3 nitrogen and oxygen atoms in total. The van der Waals surface area contributed by atoms with E-state index < -0.39 is 0 Å². The topological polar surface area (TPSA) is 36.3 Å². The number of rotatable bonds is 5. The van der Waals surface area contributed by atoms with Gasteiger partial charge in [-0.05, 0) is 39.2 Å². The molecule has 1 aliphatic carbocycles. The Morgan fingerprint density at radius 2 is 2.11 bits per heavy atom. The fourth-order valence-electron chi connectivity index (χ4n) is 3.46. The molecule has 102 valence electrons. The molecule has 1 saturated heterocycles. The van der Waals surface area contributed by atoms with Crippen LogP contribution in [0.3, 0.4) is 0 Å². The van der Waals surface area contributed by atoms with Crippen molar-refractivity contribution in [2.75, 3.05) is 19.6 Å². The summed E-state index contributed by atoms with van der Waals surface area (Å²) in [6, 6.07) is 2.32. The van der Waals surface area contributed by atoms with E-state index in [9.17, 15) is 0 Å². The van der Waals surface area contributed by atoms with Crippen molar-refractivity contribution in [3.05, 3.63) is 0 Å². The van der Waals surface area contributed by atoms with Gasteiger partial charge < -0.3 is 4.74 Å². The first-order valence-electron chi connectivity index (χ1n) is 7.47. The highest BCUT2D eigenvalue weighted by molar-refractivity contribution is 4.93. The predicted octanol–water partition coefficient (Wildman–Crippen LogP) is 2.96. The van der Waals surface area contributed by atoms with E-state index in [0.717, 1.165) is 19.6 Å². The average molecular weight is 250 g/mol. The van der Waals surface area contributed by atoms with Crippen LogP contribution in [0.1, 0.15) is 52.4 Å². The van der Waals surface area contributed by atoms with Gasteiger partial charge in [-0.15, -0.1) is 0 Å². The van der Waals surface area contributed by atoms with E-state index in [2.05, 4.69) is 17.9 Å². The van der Waals surface area contributed by atoms with Crippen LogP contribution in [-0.2, 0) is 4.74 Å². The Hall–Kier alpha value is -0.590. The van der Waals surface area contributed by atoms with Crippen molar-refractivity contribution < 1.29 is 4.74 Å². The summed E-state index contributed by atoms with van der Waals surface area (Å²) < 4.78 is 6.33. The number of hydrogen-bond acceptors (Lipinski definition) is 3. The Morgan fingerprint density at radius 1 is 1.39 bits per heavy atom. The maximum atomic E-state index is 8.90. The number of hydrogen-bond donors (Lipinski definition) is 0. The Morgan fingerprint density at radius 3 is 2.72 bits per heavy atom. The predicted molar refractivity (Wildman–Crippen MR) is 72.2 cm³/mol. The van der Waals surface area contributed by atoms with E-state index in [1.165, 1.54) is 38.5 Å². The molecule has 1 heterocycles. The first-order valence-corrected chi connectivity index (χ1v) is 7.47. The fourth-order valence-corrected chi connectivity index (χ4v) is 3.46. The minimum Gasteiger partial charge on any atom is -0.370 e. The van der Waals surface area contributed by atoms with Crippen molar-refractivity contribution in [3.63, 3.8) is 0 Å². The molecule has 2 unspecified atom stereocenters. The van der Waals surface area contributed by atoms with Crippen molar-refractivity contribution >= 4 is 0 Å². The summed E-state index contributed by atoms with van der Waals surface area (Å²) >= 11 is 0. The fraction of sp³-hybridized carbons (Fsp3) is 0.933. The van der Waals surface area contributed by atoms with E-state index in [0.29, 0.717) is 6.10 Å². The highest BCUT2D eigenvalue weighted by Crippen LogP contribution is 2.43. The smallest absolute Gasteiger partial charge is 0.0710 e. The number of nitriles is 1. The van der Waals surface area contributed by atoms with Crippen LogP contribution in [0.4, 0.5) is 0 Å². The normalized spacial score (nSPS) is 27.8. The van der Waals surface area contributed by atoms with E-state index >= 15 is 0 Å². The molecule has 18 heavy (non-hydrogen) atoms. The van der Waals surface area contributed by atoms with Crippen LogP contribution in [0.5, 0.6) is 0 Å². The second kappa shape index (κ2) is 6.04. The first kappa shape index (κ1) is 13.8. The van der Waals surface area contributed by atoms with Crippen molar-refractivity contribution in [1.29, 1.82) is 5.26 Å². The monoisotopic (exact) mass is 250 g/mol. The third-order valence-electron chi connectivity index (χ3n) is 4.51. The summed E-state index contributed by atoms with van der Waals surface area (Å²) in [6.45, 7) is 7.06. The van der Waals surface area contributed by atoms with E-state index in [1.54, 1.807) is 0 Å². The summed E-state index contributed by atoms with van der Waals surface area (Å²) in [4.78, 5) is 2.37. The number of ether oxygens (including phenoxy) is 1. The summed E-state index contributed by atoms with van der Waals surface area (Å²) in [6.07, 6.45) is 8.08. The second-order valence-corrected chi connectivity index (χ2v) is 6.05. The molecule has 2 aliphatic rings. The van der Waals surface area contributed by atoms with E-state index in [4.69, 9.17) is 10.00 Å². The lowest BCUT2D eigenvalue weighted by Gasteiger charge is -2.28. The molecule has 0 aromatic carbocycles. The van der Waals surface area contributed by atoms with Gasteiger partial charge in [0.1, 0.15) is 0 Å². The van der Waals surface area contributed by atoms with E-state index in [-0.39, 0.29) is 11.5 Å². The highest BCUT2D eigenvalue weighted by atomic mass is 16.5. The lowest BCUT2D eigenvalue weighted by atomic mass is 9.98. The zero-order chi connectivity index (χ0) is 13.0. The van der Waals surface area contributed by atoms with Crippen LogP contribution in [0.2, 0.25) is 0 Å². The zero-order valence-corrected chi connectivity index (χ0v) is 11.8. The number of likely N-dealkylation sites (N-methyl/N-ethyl adjacent to an activating group) is 1. The van der Waals surface area contributed by atoms with Crippen molar-refractivity contribution in [2.45, 2.75) is 64.1 Å². The van der Waals surface area contributed by atoms with Crippen LogP contribution >= 0.6 is 0 Å². The average Bonchev–Trinajstić information content (AvgIpc) is 2.99. The van der Waals surface area contributed by atoms with E-state index in [1.807, 2.05) is 6.92 Å². The number of nitrogens with zero attached hydrogens (tertiary/aromatic N) is 2. The third-order valence-corrected chi connectivity index (χ3v) is 4.51. The quantitative estimate of drug-likeness (QED) is 0.752. The first-order chi connectivity index (χ1) is 8.67. The standard InChI is InChI=1S/C15H26N2O/c1-3-17(11-13(2)10-16)12-14-6-9-15(18-14)7-4-5-8-15/h13-14H,3-9,11-12H2,1-2H3. The lowest BCUT2D eigenvalue weighted by Crippen LogP contribution is -2.36. The SMILES string of the molecule is CCN(CC(C)C#N)CC1CCC2(CCCC2)O1. The molecule has 2 atom stereocenters. The molecule has 1 saturated carbocycles. The molecule has 0 aromatic rings. The maximum absolute atomic E-state index is 8.90. The molecule has 1 spiro atoms. The lowest BCUT2D eigenvalue weighted by molar-refractivity contribution is -0.0473. The molecule has 1 aliphatic heterocycles. The highest BCUT2D eigenvalue weighted by Gasteiger charge is 2.42.